The molecule has 3 N–H and O–H groups in total. The molecule has 28 heavy (non-hydrogen) atoms. The van der Waals surface area contributed by atoms with Gasteiger partial charge < -0.3 is 15.5 Å². The molecule has 0 spiro atoms. The smallest absolute Gasteiger partial charge is 0.266 e. The summed E-state index contributed by atoms with van der Waals surface area (Å²) in [6, 6.07) is 12.5. The third-order valence-corrected chi connectivity index (χ3v) is 6.12. The third kappa shape index (κ3) is 3.20. The van der Waals surface area contributed by atoms with Gasteiger partial charge in [-0.3, -0.25) is 4.79 Å². The molecule has 0 radical (unpaired) electrons. The highest BCUT2D eigenvalue weighted by Gasteiger charge is 2.18. The molecular formula is C22H23ClN2O2S. The quantitative estimate of drug-likeness (QED) is 0.481. The molecule has 0 amide bonds. The number of fused-ring (bicyclic) bond motifs is 3. The van der Waals surface area contributed by atoms with Crippen molar-refractivity contribution >= 4 is 44.7 Å². The number of benzene rings is 2. The highest BCUT2D eigenvalue weighted by atomic mass is 35.5. The molecule has 6 heteroatoms. The number of methoxy groups -OCH3 is 1. The Labute approximate surface area is 173 Å². The van der Waals surface area contributed by atoms with E-state index in [4.69, 9.17) is 10.5 Å². The zero-order valence-electron chi connectivity index (χ0n) is 16.0. The minimum absolute atomic E-state index is 0. The van der Waals surface area contributed by atoms with E-state index in [2.05, 4.69) is 36.2 Å². The van der Waals surface area contributed by atoms with Crippen LogP contribution in [-0.2, 0) is 0 Å². The maximum absolute atomic E-state index is 12.5. The number of aromatic nitrogens is 1. The zero-order valence-corrected chi connectivity index (χ0v) is 17.7. The monoisotopic (exact) mass is 414 g/mol. The number of rotatable bonds is 4. The summed E-state index contributed by atoms with van der Waals surface area (Å²) >= 11 is 1.46. The van der Waals surface area contributed by atoms with Crippen LogP contribution in [0.2, 0.25) is 0 Å². The van der Waals surface area contributed by atoms with Crippen LogP contribution in [0.25, 0.3) is 32.1 Å². The first-order chi connectivity index (χ1) is 13.0. The molecule has 4 aromatic rings. The summed E-state index contributed by atoms with van der Waals surface area (Å²) in [6.45, 7) is 4.73. The molecule has 2 aromatic carbocycles. The number of hydrogen-bond acceptors (Lipinski definition) is 4. The van der Waals surface area contributed by atoms with Crippen LogP contribution in [-0.4, -0.2) is 18.6 Å². The van der Waals surface area contributed by atoms with Crippen LogP contribution in [0.15, 0.2) is 46.6 Å². The van der Waals surface area contributed by atoms with Crippen molar-refractivity contribution in [3.05, 3.63) is 63.3 Å². The number of thiophene rings is 1. The van der Waals surface area contributed by atoms with Crippen molar-refractivity contribution in [2.24, 2.45) is 5.73 Å². The fourth-order valence-corrected chi connectivity index (χ4v) is 4.43. The molecule has 4 rings (SSSR count). The average Bonchev–Trinajstić information content (AvgIpc) is 3.18. The standard InChI is InChI=1S/C22H22N2O2S.ClH/c1-12-10-17(26-3)18(15-6-4-14(5-7-15)13(2)11-23)19-16-8-9-27-21(16)22(25)24-20(12)19;/h4-10,13H,11,23H2,1-3H3,(H,24,25);1H. The number of nitrogens with two attached hydrogens (primary N) is 1. The van der Waals surface area contributed by atoms with E-state index in [0.717, 1.165) is 43.4 Å². The summed E-state index contributed by atoms with van der Waals surface area (Å²) in [5.74, 6) is 1.12. The van der Waals surface area contributed by atoms with Crippen molar-refractivity contribution in [3.63, 3.8) is 0 Å². The first kappa shape index (κ1) is 20.4. The van der Waals surface area contributed by atoms with Gasteiger partial charge in [-0.1, -0.05) is 31.2 Å². The molecule has 0 aliphatic carbocycles. The maximum Gasteiger partial charge on any atom is 0.266 e. The van der Waals surface area contributed by atoms with Crippen LogP contribution in [0.4, 0.5) is 0 Å². The van der Waals surface area contributed by atoms with Gasteiger partial charge in [0.15, 0.2) is 0 Å². The number of halogens is 1. The Morgan fingerprint density at radius 1 is 1.21 bits per heavy atom. The molecule has 0 fully saturated rings. The molecule has 0 saturated heterocycles. The van der Waals surface area contributed by atoms with Crippen LogP contribution in [0.3, 0.4) is 0 Å². The minimum atomic E-state index is -0.0427. The molecule has 0 saturated carbocycles. The number of hydrogen-bond donors (Lipinski definition) is 2. The second kappa shape index (κ2) is 7.95. The predicted molar refractivity (Wildman–Crippen MR) is 121 cm³/mol. The van der Waals surface area contributed by atoms with Crippen LogP contribution >= 0.6 is 23.7 Å². The van der Waals surface area contributed by atoms with E-state index < -0.39 is 0 Å². The summed E-state index contributed by atoms with van der Waals surface area (Å²) in [7, 11) is 1.69. The van der Waals surface area contributed by atoms with Gasteiger partial charge in [0.25, 0.3) is 5.56 Å². The van der Waals surface area contributed by atoms with Gasteiger partial charge in [0, 0.05) is 16.3 Å². The Morgan fingerprint density at radius 3 is 2.57 bits per heavy atom. The first-order valence-electron chi connectivity index (χ1n) is 8.96. The molecule has 1 unspecified atom stereocenters. The second-order valence-electron chi connectivity index (χ2n) is 6.90. The number of nitrogens with one attached hydrogen (secondary N) is 1. The summed E-state index contributed by atoms with van der Waals surface area (Å²) < 4.78 is 6.48. The minimum Gasteiger partial charge on any atom is -0.496 e. The third-order valence-electron chi connectivity index (χ3n) is 5.21. The van der Waals surface area contributed by atoms with Crippen molar-refractivity contribution in [1.82, 2.24) is 4.98 Å². The number of H-pyrrole nitrogens is 1. The van der Waals surface area contributed by atoms with E-state index in [0.29, 0.717) is 12.5 Å². The van der Waals surface area contributed by atoms with Gasteiger partial charge in [-0.05, 0) is 53.6 Å². The SMILES string of the molecule is COc1cc(C)c2[nH]c(=O)c3sccc3c2c1-c1ccc(C(C)CN)cc1.Cl. The lowest BCUT2D eigenvalue weighted by atomic mass is 9.93. The van der Waals surface area contributed by atoms with Crippen molar-refractivity contribution in [2.75, 3.05) is 13.7 Å². The summed E-state index contributed by atoms with van der Waals surface area (Å²) in [5.41, 5.74) is 10.9. The Balaban J connectivity index is 0.00000225. The van der Waals surface area contributed by atoms with Gasteiger partial charge in [0.2, 0.25) is 0 Å². The fraction of sp³-hybridized carbons (Fsp3) is 0.227. The Kier molecular flexibility index (Phi) is 5.79. The molecule has 146 valence electrons. The molecular weight excluding hydrogens is 392 g/mol. The van der Waals surface area contributed by atoms with E-state index >= 15 is 0 Å². The molecule has 0 aliphatic rings. The highest BCUT2D eigenvalue weighted by molar-refractivity contribution is 7.17. The topological polar surface area (TPSA) is 68.1 Å². The van der Waals surface area contributed by atoms with E-state index in [1.54, 1.807) is 7.11 Å². The summed E-state index contributed by atoms with van der Waals surface area (Å²) in [5, 5.41) is 3.96. The van der Waals surface area contributed by atoms with Gasteiger partial charge in [0.1, 0.15) is 10.4 Å². The zero-order chi connectivity index (χ0) is 19.1. The van der Waals surface area contributed by atoms with E-state index in [-0.39, 0.29) is 18.0 Å². The lowest BCUT2D eigenvalue weighted by molar-refractivity contribution is 0.416. The molecule has 1 atom stereocenters. The predicted octanol–water partition coefficient (Wildman–Crippen LogP) is 5.21. The Hall–Kier alpha value is -2.34. The number of aromatic amines is 1. The molecule has 0 bridgehead atoms. The largest absolute Gasteiger partial charge is 0.496 e. The van der Waals surface area contributed by atoms with Crippen molar-refractivity contribution in [3.8, 4) is 16.9 Å². The van der Waals surface area contributed by atoms with Crippen molar-refractivity contribution in [2.45, 2.75) is 19.8 Å². The molecule has 4 nitrogen and oxygen atoms in total. The van der Waals surface area contributed by atoms with E-state index in [1.165, 1.54) is 16.9 Å². The van der Waals surface area contributed by atoms with Gasteiger partial charge in [-0.2, -0.15) is 0 Å². The summed E-state index contributed by atoms with van der Waals surface area (Å²) in [4.78, 5) is 15.5. The number of ether oxygens (including phenoxy) is 1. The summed E-state index contributed by atoms with van der Waals surface area (Å²) in [6.07, 6.45) is 0. The normalized spacial score (nSPS) is 12.1. The Bertz CT molecular complexity index is 1200. The second-order valence-corrected chi connectivity index (χ2v) is 7.81. The molecule has 2 aromatic heterocycles. The molecule has 0 aliphatic heterocycles. The van der Waals surface area contributed by atoms with Gasteiger partial charge in [-0.15, -0.1) is 23.7 Å². The highest BCUT2D eigenvalue weighted by Crippen LogP contribution is 2.41. The number of pyridine rings is 1. The van der Waals surface area contributed by atoms with Crippen LogP contribution < -0.4 is 16.0 Å². The van der Waals surface area contributed by atoms with Gasteiger partial charge >= 0.3 is 0 Å². The number of aryl methyl sites for hydroxylation is 1. The van der Waals surface area contributed by atoms with Gasteiger partial charge in [-0.25, -0.2) is 0 Å². The van der Waals surface area contributed by atoms with Crippen LogP contribution in [0.5, 0.6) is 5.75 Å². The van der Waals surface area contributed by atoms with Crippen molar-refractivity contribution in [1.29, 1.82) is 0 Å². The lowest BCUT2D eigenvalue weighted by Gasteiger charge is -2.16. The Morgan fingerprint density at radius 2 is 1.93 bits per heavy atom. The van der Waals surface area contributed by atoms with Crippen molar-refractivity contribution < 1.29 is 4.74 Å². The maximum atomic E-state index is 12.5. The van der Waals surface area contributed by atoms with E-state index in [9.17, 15) is 4.79 Å². The van der Waals surface area contributed by atoms with E-state index in [1.807, 2.05) is 24.4 Å². The van der Waals surface area contributed by atoms with Crippen LogP contribution in [0, 0.1) is 6.92 Å². The van der Waals surface area contributed by atoms with Crippen LogP contribution in [0.1, 0.15) is 24.0 Å². The average molecular weight is 415 g/mol. The van der Waals surface area contributed by atoms with Gasteiger partial charge in [0.05, 0.1) is 12.6 Å². The molecule has 2 heterocycles. The fourth-order valence-electron chi connectivity index (χ4n) is 3.63. The lowest BCUT2D eigenvalue weighted by Crippen LogP contribution is -2.08. The first-order valence-corrected chi connectivity index (χ1v) is 9.84.